The predicted molar refractivity (Wildman–Crippen MR) is 69.3 cm³/mol. The number of methoxy groups -OCH3 is 1. The number of nitrogens with one attached hydrogen (secondary N) is 1. The number of hydrogen-bond acceptors (Lipinski definition) is 3. The fourth-order valence-electron chi connectivity index (χ4n) is 2.23. The van der Waals surface area contributed by atoms with Crippen LogP contribution in [0.3, 0.4) is 0 Å². The topological polar surface area (TPSA) is 75.6 Å². The van der Waals surface area contributed by atoms with Crippen LogP contribution in [0.4, 0.5) is 0 Å². The first-order valence-electron chi connectivity index (χ1n) is 6.24. The Morgan fingerprint density at radius 3 is 2.42 bits per heavy atom. The van der Waals surface area contributed by atoms with Gasteiger partial charge in [0.2, 0.25) is 0 Å². The number of carbonyl (C=O) groups is 2. The third-order valence-corrected chi connectivity index (χ3v) is 3.67. The maximum atomic E-state index is 12.0. The van der Waals surface area contributed by atoms with Crippen LogP contribution in [0.1, 0.15) is 40.0 Å². The Morgan fingerprint density at radius 1 is 1.32 bits per heavy atom. The maximum absolute atomic E-state index is 12.0. The molecule has 2 N–H and O–H groups in total. The molecule has 102 valence electrons. The van der Waals surface area contributed by atoms with Gasteiger partial charge in [-0.15, -0.1) is 0 Å². The van der Waals surface area contributed by atoms with Gasteiger partial charge >= 0.3 is 5.97 Å². The molecule has 1 aromatic carbocycles. The summed E-state index contributed by atoms with van der Waals surface area (Å²) in [7, 11) is 1.64. The second-order valence-electron chi connectivity index (χ2n) is 4.77. The number of amides is 1. The molecule has 0 unspecified atom stereocenters. The van der Waals surface area contributed by atoms with Crippen LogP contribution >= 0.6 is 0 Å². The van der Waals surface area contributed by atoms with Crippen molar-refractivity contribution in [3.63, 3.8) is 0 Å². The van der Waals surface area contributed by atoms with Crippen molar-refractivity contribution in [1.82, 2.24) is 5.32 Å². The summed E-state index contributed by atoms with van der Waals surface area (Å²) in [5.74, 6) is -1.47. The SMILES string of the molecule is COC1(CNC(=O)c2ccccc2C(=O)O)CCC1. The van der Waals surface area contributed by atoms with Crippen molar-refractivity contribution in [1.29, 1.82) is 0 Å². The zero-order chi connectivity index (χ0) is 13.9. The van der Waals surface area contributed by atoms with Gasteiger partial charge in [0.05, 0.1) is 16.7 Å². The minimum absolute atomic E-state index is 0.0140. The summed E-state index contributed by atoms with van der Waals surface area (Å²) in [6, 6.07) is 6.19. The van der Waals surface area contributed by atoms with E-state index in [0.717, 1.165) is 19.3 Å². The number of rotatable bonds is 5. The van der Waals surface area contributed by atoms with Crippen LogP contribution in [-0.4, -0.2) is 36.2 Å². The first-order chi connectivity index (χ1) is 9.08. The van der Waals surface area contributed by atoms with Crippen molar-refractivity contribution in [2.45, 2.75) is 24.9 Å². The second kappa shape index (κ2) is 5.40. The molecule has 1 fully saturated rings. The molecule has 0 heterocycles. The molecular formula is C14H17NO4. The van der Waals surface area contributed by atoms with Gasteiger partial charge < -0.3 is 15.2 Å². The number of carboxylic acids is 1. The van der Waals surface area contributed by atoms with E-state index in [4.69, 9.17) is 9.84 Å². The monoisotopic (exact) mass is 263 g/mol. The largest absolute Gasteiger partial charge is 0.478 e. The molecule has 5 nitrogen and oxygen atoms in total. The van der Waals surface area contributed by atoms with E-state index >= 15 is 0 Å². The number of ether oxygens (including phenoxy) is 1. The predicted octanol–water partition coefficient (Wildman–Crippen LogP) is 1.68. The summed E-state index contributed by atoms with van der Waals surface area (Å²) in [6.45, 7) is 0.413. The summed E-state index contributed by atoms with van der Waals surface area (Å²) >= 11 is 0. The molecule has 1 aliphatic carbocycles. The molecule has 0 atom stereocenters. The lowest BCUT2D eigenvalue weighted by molar-refractivity contribution is -0.0679. The highest BCUT2D eigenvalue weighted by Crippen LogP contribution is 2.34. The number of carbonyl (C=O) groups excluding carboxylic acids is 1. The van der Waals surface area contributed by atoms with Crippen LogP contribution in [0.15, 0.2) is 24.3 Å². The van der Waals surface area contributed by atoms with Gasteiger partial charge in [0.15, 0.2) is 0 Å². The van der Waals surface area contributed by atoms with Crippen molar-refractivity contribution in [2.75, 3.05) is 13.7 Å². The minimum Gasteiger partial charge on any atom is -0.478 e. The van der Waals surface area contributed by atoms with Crippen LogP contribution < -0.4 is 5.32 Å². The molecule has 5 heteroatoms. The number of aromatic carboxylic acids is 1. The summed E-state index contributed by atoms with van der Waals surface area (Å²) in [4.78, 5) is 23.1. The average Bonchev–Trinajstić information content (AvgIpc) is 2.37. The van der Waals surface area contributed by atoms with E-state index in [1.807, 2.05) is 0 Å². The lowest BCUT2D eigenvalue weighted by Gasteiger charge is -2.40. The quantitative estimate of drug-likeness (QED) is 0.847. The number of benzene rings is 1. The van der Waals surface area contributed by atoms with Gasteiger partial charge in [-0.2, -0.15) is 0 Å². The molecule has 19 heavy (non-hydrogen) atoms. The molecule has 0 saturated heterocycles. The molecule has 1 aromatic rings. The van der Waals surface area contributed by atoms with E-state index in [2.05, 4.69) is 5.32 Å². The van der Waals surface area contributed by atoms with Crippen LogP contribution in [-0.2, 0) is 4.74 Å². The average molecular weight is 263 g/mol. The molecule has 0 bridgehead atoms. The zero-order valence-corrected chi connectivity index (χ0v) is 10.8. The fraction of sp³-hybridized carbons (Fsp3) is 0.429. The summed E-state index contributed by atoms with van der Waals surface area (Å²) < 4.78 is 5.41. The first kappa shape index (κ1) is 13.5. The summed E-state index contributed by atoms with van der Waals surface area (Å²) in [5.41, 5.74) is -0.0750. The highest BCUT2D eigenvalue weighted by atomic mass is 16.5. The Bertz CT molecular complexity index is 488. The van der Waals surface area contributed by atoms with E-state index in [1.165, 1.54) is 12.1 Å². The standard InChI is InChI=1S/C14H17NO4/c1-19-14(7-4-8-14)9-15-12(16)10-5-2-3-6-11(10)13(17)18/h2-3,5-6H,4,7-9H2,1H3,(H,15,16)(H,17,18). The summed E-state index contributed by atoms with van der Waals surface area (Å²) in [6.07, 6.45) is 2.93. The van der Waals surface area contributed by atoms with Gasteiger partial charge in [0.25, 0.3) is 5.91 Å². The van der Waals surface area contributed by atoms with Crippen molar-refractivity contribution in [2.24, 2.45) is 0 Å². The highest BCUT2D eigenvalue weighted by molar-refractivity contribution is 6.04. The molecule has 0 aliphatic heterocycles. The summed E-state index contributed by atoms with van der Waals surface area (Å²) in [5, 5.41) is 11.8. The highest BCUT2D eigenvalue weighted by Gasteiger charge is 2.37. The molecule has 1 amide bonds. The fourth-order valence-corrected chi connectivity index (χ4v) is 2.23. The van der Waals surface area contributed by atoms with Crippen molar-refractivity contribution < 1.29 is 19.4 Å². The third kappa shape index (κ3) is 2.76. The third-order valence-electron chi connectivity index (χ3n) is 3.67. The van der Waals surface area contributed by atoms with Crippen molar-refractivity contribution in [3.8, 4) is 0 Å². The molecule has 2 rings (SSSR count). The maximum Gasteiger partial charge on any atom is 0.336 e. The van der Waals surface area contributed by atoms with Crippen LogP contribution in [0.2, 0.25) is 0 Å². The molecule has 0 radical (unpaired) electrons. The van der Waals surface area contributed by atoms with Gasteiger partial charge in [-0.25, -0.2) is 4.79 Å². The van der Waals surface area contributed by atoms with E-state index < -0.39 is 5.97 Å². The van der Waals surface area contributed by atoms with Crippen LogP contribution in [0.5, 0.6) is 0 Å². The van der Waals surface area contributed by atoms with Crippen LogP contribution in [0.25, 0.3) is 0 Å². The Hall–Kier alpha value is -1.88. The van der Waals surface area contributed by atoms with Gasteiger partial charge in [0.1, 0.15) is 0 Å². The van der Waals surface area contributed by atoms with E-state index in [1.54, 1.807) is 19.2 Å². The van der Waals surface area contributed by atoms with E-state index in [9.17, 15) is 9.59 Å². The van der Waals surface area contributed by atoms with E-state index in [0.29, 0.717) is 6.54 Å². The molecule has 0 aromatic heterocycles. The Balaban J connectivity index is 2.06. The lowest BCUT2D eigenvalue weighted by atomic mass is 9.80. The van der Waals surface area contributed by atoms with Gasteiger partial charge in [-0.3, -0.25) is 4.79 Å². The van der Waals surface area contributed by atoms with Crippen LogP contribution in [0, 0.1) is 0 Å². The van der Waals surface area contributed by atoms with Gasteiger partial charge in [-0.1, -0.05) is 12.1 Å². The smallest absolute Gasteiger partial charge is 0.336 e. The first-order valence-corrected chi connectivity index (χ1v) is 6.24. The van der Waals surface area contributed by atoms with E-state index in [-0.39, 0.29) is 22.6 Å². The molecule has 0 spiro atoms. The van der Waals surface area contributed by atoms with Gasteiger partial charge in [0, 0.05) is 13.7 Å². The number of carboxylic acid groups (broad SMARTS) is 1. The lowest BCUT2D eigenvalue weighted by Crippen LogP contribution is -2.49. The minimum atomic E-state index is -1.10. The second-order valence-corrected chi connectivity index (χ2v) is 4.77. The Labute approximate surface area is 111 Å². The van der Waals surface area contributed by atoms with Crippen molar-refractivity contribution >= 4 is 11.9 Å². The Kier molecular flexibility index (Phi) is 3.85. The molecule has 1 aliphatic rings. The van der Waals surface area contributed by atoms with Gasteiger partial charge in [-0.05, 0) is 31.4 Å². The zero-order valence-electron chi connectivity index (χ0n) is 10.8. The normalized spacial score (nSPS) is 16.5. The molecular weight excluding hydrogens is 246 g/mol. The van der Waals surface area contributed by atoms with Crippen molar-refractivity contribution in [3.05, 3.63) is 35.4 Å². The Morgan fingerprint density at radius 2 is 1.95 bits per heavy atom. The molecule has 1 saturated carbocycles. The number of hydrogen-bond donors (Lipinski definition) is 2.